The molecule has 0 bridgehead atoms. The number of halogens is 1. The third-order valence-electron chi connectivity index (χ3n) is 3.34. The van der Waals surface area contributed by atoms with Gasteiger partial charge in [0.25, 0.3) is 0 Å². The predicted octanol–water partition coefficient (Wildman–Crippen LogP) is 1.01. The minimum absolute atomic E-state index is 0.00639. The lowest BCUT2D eigenvalue weighted by atomic mass is 9.81. The van der Waals surface area contributed by atoms with Crippen molar-refractivity contribution < 1.29 is 9.18 Å². The minimum atomic E-state index is -0.530. The molecule has 4 heteroatoms. The minimum Gasteiger partial charge on any atom is -0.325 e. The number of carbonyl (C=O) groups is 1. The maximum Gasteiger partial charge on any atom is 0.236 e. The zero-order chi connectivity index (χ0) is 10.5. The summed E-state index contributed by atoms with van der Waals surface area (Å²) in [7, 11) is 0. The highest BCUT2D eigenvalue weighted by atomic mass is 19.1. The summed E-state index contributed by atoms with van der Waals surface area (Å²) in [4.78, 5) is 11.9. The van der Waals surface area contributed by atoms with E-state index in [0.717, 1.165) is 24.2 Å². The molecule has 2 aliphatic rings. The molecule has 1 fully saturated rings. The second-order valence-electron chi connectivity index (χ2n) is 4.15. The Bertz CT molecular complexity index is 438. The fraction of sp³-hybridized carbons (Fsp3) is 0.364. The number of amides is 1. The van der Waals surface area contributed by atoms with E-state index in [1.807, 2.05) is 0 Å². The number of fused-ring (bicyclic) bond motifs is 2. The van der Waals surface area contributed by atoms with Gasteiger partial charge in [0, 0.05) is 12.2 Å². The number of anilines is 1. The maximum atomic E-state index is 13.2. The third-order valence-corrected chi connectivity index (χ3v) is 3.34. The molecule has 0 aliphatic carbocycles. The quantitative estimate of drug-likeness (QED) is 0.665. The number of benzene rings is 1. The Hall–Kier alpha value is -1.42. The predicted molar refractivity (Wildman–Crippen MR) is 54.2 cm³/mol. The average molecular weight is 206 g/mol. The van der Waals surface area contributed by atoms with E-state index >= 15 is 0 Å². The Labute approximate surface area is 86.7 Å². The summed E-state index contributed by atoms with van der Waals surface area (Å²) < 4.78 is 13.2. The van der Waals surface area contributed by atoms with Gasteiger partial charge in [-0.2, -0.15) is 0 Å². The van der Waals surface area contributed by atoms with Crippen LogP contribution in [0.15, 0.2) is 18.2 Å². The van der Waals surface area contributed by atoms with Crippen molar-refractivity contribution in [2.75, 3.05) is 18.4 Å². The Morgan fingerprint density at radius 2 is 2.27 bits per heavy atom. The van der Waals surface area contributed by atoms with Crippen molar-refractivity contribution in [1.82, 2.24) is 5.32 Å². The first-order chi connectivity index (χ1) is 7.22. The molecular formula is C11H11FN2O. The summed E-state index contributed by atoms with van der Waals surface area (Å²) >= 11 is 0. The molecule has 3 rings (SSSR count). The maximum absolute atomic E-state index is 13.2. The van der Waals surface area contributed by atoms with E-state index in [9.17, 15) is 9.18 Å². The van der Waals surface area contributed by atoms with Gasteiger partial charge in [0.15, 0.2) is 0 Å². The van der Waals surface area contributed by atoms with Gasteiger partial charge in [0.1, 0.15) is 5.82 Å². The summed E-state index contributed by atoms with van der Waals surface area (Å²) in [5, 5.41) is 5.97. The first kappa shape index (κ1) is 8.85. The van der Waals surface area contributed by atoms with E-state index in [-0.39, 0.29) is 11.7 Å². The van der Waals surface area contributed by atoms with Gasteiger partial charge in [-0.15, -0.1) is 0 Å². The van der Waals surface area contributed by atoms with E-state index in [1.165, 1.54) is 12.1 Å². The molecule has 3 nitrogen and oxygen atoms in total. The SMILES string of the molecule is O=C1Nc2ccc(F)cc2[C@@]12CCNC2. The molecule has 0 aromatic heterocycles. The fourth-order valence-electron chi connectivity index (χ4n) is 2.50. The molecule has 0 unspecified atom stereocenters. The molecule has 1 aromatic carbocycles. The van der Waals surface area contributed by atoms with Crippen molar-refractivity contribution in [3.8, 4) is 0 Å². The zero-order valence-electron chi connectivity index (χ0n) is 8.14. The van der Waals surface area contributed by atoms with Gasteiger partial charge in [0.2, 0.25) is 5.91 Å². The van der Waals surface area contributed by atoms with Crippen LogP contribution in [0.4, 0.5) is 10.1 Å². The molecule has 2 heterocycles. The van der Waals surface area contributed by atoms with Crippen LogP contribution in [-0.2, 0) is 10.2 Å². The van der Waals surface area contributed by atoms with Crippen LogP contribution in [0, 0.1) is 5.82 Å². The monoisotopic (exact) mass is 206 g/mol. The normalized spacial score (nSPS) is 28.2. The second kappa shape index (κ2) is 2.79. The molecule has 1 saturated heterocycles. The van der Waals surface area contributed by atoms with Gasteiger partial charge in [-0.05, 0) is 36.7 Å². The zero-order valence-corrected chi connectivity index (χ0v) is 8.14. The summed E-state index contributed by atoms with van der Waals surface area (Å²) in [5.41, 5.74) is 1.03. The lowest BCUT2D eigenvalue weighted by Crippen LogP contribution is -2.36. The lowest BCUT2D eigenvalue weighted by molar-refractivity contribution is -0.120. The van der Waals surface area contributed by atoms with Gasteiger partial charge in [-0.25, -0.2) is 4.39 Å². The molecule has 2 N–H and O–H groups in total. The van der Waals surface area contributed by atoms with E-state index in [2.05, 4.69) is 10.6 Å². The van der Waals surface area contributed by atoms with E-state index < -0.39 is 5.41 Å². The first-order valence-electron chi connectivity index (χ1n) is 5.05. The van der Waals surface area contributed by atoms with Crippen LogP contribution in [0.2, 0.25) is 0 Å². The second-order valence-corrected chi connectivity index (χ2v) is 4.15. The molecule has 78 valence electrons. The van der Waals surface area contributed by atoms with Crippen molar-refractivity contribution in [1.29, 1.82) is 0 Å². The van der Waals surface area contributed by atoms with Crippen LogP contribution in [0.3, 0.4) is 0 Å². The molecule has 1 amide bonds. The number of carbonyl (C=O) groups excluding carboxylic acids is 1. The molecule has 0 radical (unpaired) electrons. The molecule has 2 aliphatic heterocycles. The number of rotatable bonds is 0. The van der Waals surface area contributed by atoms with Crippen LogP contribution in [0.25, 0.3) is 0 Å². The summed E-state index contributed by atoms with van der Waals surface area (Å²) in [6.45, 7) is 1.42. The van der Waals surface area contributed by atoms with Crippen molar-refractivity contribution in [3.05, 3.63) is 29.6 Å². The molecule has 15 heavy (non-hydrogen) atoms. The number of hydrogen-bond acceptors (Lipinski definition) is 2. The standard InChI is InChI=1S/C11H11FN2O/c12-7-1-2-9-8(5-7)11(10(15)14-9)3-4-13-6-11/h1-2,5,13H,3-4,6H2,(H,14,15)/t11-/m0/s1. The Kier molecular flexibility index (Phi) is 1.65. The van der Waals surface area contributed by atoms with Crippen LogP contribution >= 0.6 is 0 Å². The molecule has 1 spiro atoms. The van der Waals surface area contributed by atoms with Crippen molar-refractivity contribution in [2.45, 2.75) is 11.8 Å². The first-order valence-corrected chi connectivity index (χ1v) is 5.05. The highest BCUT2D eigenvalue weighted by Gasteiger charge is 2.48. The summed E-state index contributed by atoms with van der Waals surface area (Å²) in [6.07, 6.45) is 0.745. The number of nitrogens with one attached hydrogen (secondary N) is 2. The Morgan fingerprint density at radius 1 is 1.40 bits per heavy atom. The van der Waals surface area contributed by atoms with Crippen LogP contribution < -0.4 is 10.6 Å². The van der Waals surface area contributed by atoms with Crippen molar-refractivity contribution in [2.24, 2.45) is 0 Å². The van der Waals surface area contributed by atoms with Gasteiger partial charge >= 0.3 is 0 Å². The lowest BCUT2D eigenvalue weighted by Gasteiger charge is -2.19. The van der Waals surface area contributed by atoms with E-state index in [4.69, 9.17) is 0 Å². The molecule has 1 aromatic rings. The highest BCUT2D eigenvalue weighted by molar-refractivity contribution is 6.06. The Balaban J connectivity index is 2.19. The third kappa shape index (κ3) is 1.05. The fourth-order valence-corrected chi connectivity index (χ4v) is 2.50. The van der Waals surface area contributed by atoms with Crippen molar-refractivity contribution >= 4 is 11.6 Å². The van der Waals surface area contributed by atoms with Crippen molar-refractivity contribution in [3.63, 3.8) is 0 Å². The average Bonchev–Trinajstić information content (AvgIpc) is 2.78. The molecule has 0 saturated carbocycles. The van der Waals surface area contributed by atoms with E-state index in [1.54, 1.807) is 6.07 Å². The summed E-state index contributed by atoms with van der Waals surface area (Å²) in [6, 6.07) is 4.48. The molecule has 1 atom stereocenters. The van der Waals surface area contributed by atoms with E-state index in [0.29, 0.717) is 6.54 Å². The number of hydrogen-bond donors (Lipinski definition) is 2. The van der Waals surface area contributed by atoms with Crippen LogP contribution in [0.5, 0.6) is 0 Å². The summed E-state index contributed by atoms with van der Waals surface area (Å²) in [5.74, 6) is -0.287. The Morgan fingerprint density at radius 3 is 3.00 bits per heavy atom. The topological polar surface area (TPSA) is 41.1 Å². The van der Waals surface area contributed by atoms with Crippen LogP contribution in [-0.4, -0.2) is 19.0 Å². The van der Waals surface area contributed by atoms with Crippen LogP contribution in [0.1, 0.15) is 12.0 Å². The van der Waals surface area contributed by atoms with Gasteiger partial charge in [-0.3, -0.25) is 4.79 Å². The van der Waals surface area contributed by atoms with Gasteiger partial charge in [0.05, 0.1) is 5.41 Å². The van der Waals surface area contributed by atoms with Gasteiger partial charge in [-0.1, -0.05) is 0 Å². The highest BCUT2D eigenvalue weighted by Crippen LogP contribution is 2.41. The smallest absolute Gasteiger partial charge is 0.236 e. The molecular weight excluding hydrogens is 195 g/mol. The largest absolute Gasteiger partial charge is 0.325 e. The van der Waals surface area contributed by atoms with Gasteiger partial charge < -0.3 is 10.6 Å².